The maximum Gasteiger partial charge on any atom is 0.227 e. The fraction of sp³-hybridized carbons (Fsp3) is 0.394. The van der Waals surface area contributed by atoms with Gasteiger partial charge in [0.25, 0.3) is 0 Å². The standard InChI is InChI=1S/C33H38N8OS/c1-2-39-16-18-40(19-17-39)27-12-10-25(11-13-27)36-32-34-15-14-28(37-32)30-29(38-33-41(30)20-21-43-33)24-8-5-9-26(22-24)35-31(42)23-6-3-4-7-23/h5,8-15,22-23H,2-4,6-7,16-21H2,1H3,(H,35,42)(H,34,36,37). The lowest BCUT2D eigenvalue weighted by Crippen LogP contribution is -2.46. The van der Waals surface area contributed by atoms with Gasteiger partial charge in [0.15, 0.2) is 5.16 Å². The normalized spacial score (nSPS) is 17.3. The third-order valence-corrected chi connectivity index (χ3v) is 9.77. The molecule has 43 heavy (non-hydrogen) atoms. The molecule has 2 fully saturated rings. The number of nitrogens with one attached hydrogen (secondary N) is 2. The van der Waals surface area contributed by atoms with Crippen LogP contribution in [0, 0.1) is 5.92 Å². The van der Waals surface area contributed by atoms with E-state index in [0.29, 0.717) is 5.95 Å². The van der Waals surface area contributed by atoms with Crippen LogP contribution in [0.1, 0.15) is 32.6 Å². The number of piperazine rings is 1. The third kappa shape index (κ3) is 5.99. The van der Waals surface area contributed by atoms with Crippen LogP contribution in [0.25, 0.3) is 22.6 Å². The Hall–Kier alpha value is -3.89. The molecule has 10 heteroatoms. The van der Waals surface area contributed by atoms with Crippen LogP contribution in [-0.4, -0.2) is 68.8 Å². The van der Waals surface area contributed by atoms with Crippen molar-refractivity contribution in [3.8, 4) is 22.6 Å². The molecule has 0 atom stereocenters. The zero-order valence-corrected chi connectivity index (χ0v) is 25.4. The van der Waals surface area contributed by atoms with Gasteiger partial charge < -0.3 is 25.0 Å². The van der Waals surface area contributed by atoms with Gasteiger partial charge in [-0.1, -0.05) is 43.7 Å². The second-order valence-corrected chi connectivity index (χ2v) is 12.6. The molecule has 222 valence electrons. The molecule has 9 nitrogen and oxygen atoms in total. The van der Waals surface area contributed by atoms with Crippen LogP contribution >= 0.6 is 11.8 Å². The Morgan fingerprint density at radius 1 is 0.953 bits per heavy atom. The predicted molar refractivity (Wildman–Crippen MR) is 174 cm³/mol. The van der Waals surface area contributed by atoms with Crippen molar-refractivity contribution in [2.45, 2.75) is 44.3 Å². The number of imidazole rings is 1. The molecule has 0 spiro atoms. The number of carbonyl (C=O) groups excluding carboxylic acids is 1. The second kappa shape index (κ2) is 12.4. The maximum atomic E-state index is 12.8. The predicted octanol–water partition coefficient (Wildman–Crippen LogP) is 6.13. The molecule has 2 aliphatic heterocycles. The molecule has 1 aliphatic carbocycles. The number of likely N-dealkylation sites (N-methyl/N-ethyl adjacent to an activating group) is 1. The highest BCUT2D eigenvalue weighted by Crippen LogP contribution is 2.39. The molecule has 3 aliphatic rings. The third-order valence-electron chi connectivity index (χ3n) is 8.81. The van der Waals surface area contributed by atoms with E-state index in [4.69, 9.17) is 9.97 Å². The van der Waals surface area contributed by atoms with Gasteiger partial charge >= 0.3 is 0 Å². The molecule has 0 bridgehead atoms. The average molecular weight is 595 g/mol. The van der Waals surface area contributed by atoms with E-state index in [1.54, 1.807) is 18.0 Å². The van der Waals surface area contributed by atoms with Gasteiger partial charge in [0.1, 0.15) is 0 Å². The summed E-state index contributed by atoms with van der Waals surface area (Å²) in [6.07, 6.45) is 6.03. The monoisotopic (exact) mass is 594 g/mol. The van der Waals surface area contributed by atoms with Crippen LogP contribution in [0.3, 0.4) is 0 Å². The molecule has 1 saturated carbocycles. The second-order valence-electron chi connectivity index (χ2n) is 11.5. The van der Waals surface area contributed by atoms with E-state index in [1.165, 1.54) is 5.69 Å². The number of benzene rings is 2. The van der Waals surface area contributed by atoms with Crippen molar-refractivity contribution in [1.29, 1.82) is 0 Å². The highest BCUT2D eigenvalue weighted by molar-refractivity contribution is 7.99. The minimum atomic E-state index is 0.117. The number of fused-ring (bicyclic) bond motifs is 1. The lowest BCUT2D eigenvalue weighted by atomic mass is 10.1. The van der Waals surface area contributed by atoms with E-state index >= 15 is 0 Å². The largest absolute Gasteiger partial charge is 0.369 e. The molecule has 0 radical (unpaired) electrons. The van der Waals surface area contributed by atoms with Crippen LogP contribution < -0.4 is 15.5 Å². The number of nitrogens with zero attached hydrogens (tertiary/aromatic N) is 6. The Morgan fingerprint density at radius 2 is 1.77 bits per heavy atom. The molecule has 1 saturated heterocycles. The molecule has 2 aromatic heterocycles. The lowest BCUT2D eigenvalue weighted by molar-refractivity contribution is -0.119. The summed E-state index contributed by atoms with van der Waals surface area (Å²) in [6.45, 7) is 8.54. The van der Waals surface area contributed by atoms with E-state index in [0.717, 1.165) is 110 Å². The molecule has 2 N–H and O–H groups in total. The summed E-state index contributed by atoms with van der Waals surface area (Å²) in [5.41, 5.74) is 6.64. The van der Waals surface area contributed by atoms with Crippen LogP contribution in [0.15, 0.2) is 66.0 Å². The number of anilines is 4. The van der Waals surface area contributed by atoms with Gasteiger partial charge in [-0.15, -0.1) is 0 Å². The van der Waals surface area contributed by atoms with E-state index in [-0.39, 0.29) is 11.8 Å². The van der Waals surface area contributed by atoms with Crippen LogP contribution in [0.5, 0.6) is 0 Å². The topological polar surface area (TPSA) is 91.2 Å². The van der Waals surface area contributed by atoms with E-state index in [1.807, 2.05) is 24.3 Å². The Labute approximate surface area is 257 Å². The first-order valence-electron chi connectivity index (χ1n) is 15.5. The molecule has 4 aromatic rings. The van der Waals surface area contributed by atoms with Crippen molar-refractivity contribution >= 4 is 40.7 Å². The number of amides is 1. The zero-order valence-electron chi connectivity index (χ0n) is 24.6. The Bertz CT molecular complexity index is 1590. The van der Waals surface area contributed by atoms with Crippen molar-refractivity contribution in [3.05, 3.63) is 60.8 Å². The first kappa shape index (κ1) is 27.9. The minimum absolute atomic E-state index is 0.117. The Balaban J connectivity index is 1.12. The SMILES string of the molecule is CCN1CCN(c2ccc(Nc3nccc(-c4c(-c5cccc(NC(=O)C6CCCC6)c5)nc5n4CCS5)n3)cc2)CC1. The molecular formula is C33H38N8OS. The first-order valence-corrected chi connectivity index (χ1v) is 16.5. The molecule has 2 aromatic carbocycles. The first-order chi connectivity index (χ1) is 21.1. The highest BCUT2D eigenvalue weighted by Gasteiger charge is 2.26. The number of rotatable bonds is 8. The van der Waals surface area contributed by atoms with Gasteiger partial charge in [-0.25, -0.2) is 15.0 Å². The van der Waals surface area contributed by atoms with Crippen LogP contribution in [0.4, 0.5) is 23.0 Å². The highest BCUT2D eigenvalue weighted by atomic mass is 32.2. The molecule has 1 amide bonds. The summed E-state index contributed by atoms with van der Waals surface area (Å²) in [5.74, 6) is 1.78. The fourth-order valence-electron chi connectivity index (χ4n) is 6.37. The van der Waals surface area contributed by atoms with Crippen molar-refractivity contribution < 1.29 is 4.79 Å². The van der Waals surface area contributed by atoms with E-state index < -0.39 is 0 Å². The summed E-state index contributed by atoms with van der Waals surface area (Å²) in [7, 11) is 0. The maximum absolute atomic E-state index is 12.8. The van der Waals surface area contributed by atoms with Crippen molar-refractivity contribution in [2.24, 2.45) is 5.92 Å². The molecular weight excluding hydrogens is 556 g/mol. The van der Waals surface area contributed by atoms with Gasteiger partial charge in [-0.2, -0.15) is 0 Å². The summed E-state index contributed by atoms with van der Waals surface area (Å²) in [4.78, 5) is 32.3. The number of thioether (sulfide) groups is 1. The van der Waals surface area contributed by atoms with Gasteiger partial charge in [-0.3, -0.25) is 4.79 Å². The van der Waals surface area contributed by atoms with Crippen LogP contribution in [0.2, 0.25) is 0 Å². The smallest absolute Gasteiger partial charge is 0.227 e. The number of aromatic nitrogens is 4. The van der Waals surface area contributed by atoms with Crippen LogP contribution in [-0.2, 0) is 11.3 Å². The van der Waals surface area contributed by atoms with Gasteiger partial charge in [0.05, 0.1) is 17.1 Å². The summed E-state index contributed by atoms with van der Waals surface area (Å²) in [5, 5.41) is 7.55. The Kier molecular flexibility index (Phi) is 8.04. The van der Waals surface area contributed by atoms with Gasteiger partial charge in [0, 0.05) is 73.2 Å². The molecule has 4 heterocycles. The number of carbonyl (C=O) groups is 1. The molecule has 7 rings (SSSR count). The quantitative estimate of drug-likeness (QED) is 0.252. The van der Waals surface area contributed by atoms with Gasteiger partial charge in [-0.05, 0) is 61.9 Å². The van der Waals surface area contributed by atoms with Crippen molar-refractivity contribution in [2.75, 3.05) is 54.0 Å². The van der Waals surface area contributed by atoms with Crippen molar-refractivity contribution in [3.63, 3.8) is 0 Å². The summed E-state index contributed by atoms with van der Waals surface area (Å²) in [6, 6.07) is 18.5. The van der Waals surface area contributed by atoms with E-state index in [9.17, 15) is 4.79 Å². The lowest BCUT2D eigenvalue weighted by Gasteiger charge is -2.35. The minimum Gasteiger partial charge on any atom is -0.369 e. The van der Waals surface area contributed by atoms with Crippen molar-refractivity contribution in [1.82, 2.24) is 24.4 Å². The average Bonchev–Trinajstić information content (AvgIpc) is 3.81. The number of hydrogen-bond donors (Lipinski definition) is 2. The molecule has 0 unspecified atom stereocenters. The van der Waals surface area contributed by atoms with Gasteiger partial charge in [0.2, 0.25) is 11.9 Å². The fourth-order valence-corrected chi connectivity index (χ4v) is 7.32. The number of hydrogen-bond acceptors (Lipinski definition) is 8. The van der Waals surface area contributed by atoms with E-state index in [2.05, 4.69) is 67.2 Å². The summed E-state index contributed by atoms with van der Waals surface area (Å²) >= 11 is 1.76. The summed E-state index contributed by atoms with van der Waals surface area (Å²) < 4.78 is 2.25. The Morgan fingerprint density at radius 3 is 2.56 bits per heavy atom. The zero-order chi connectivity index (χ0) is 29.2.